The number of aliphatic hydroxyl groups excluding tert-OH is 2. The molecule has 2 atom stereocenters. The van der Waals surface area contributed by atoms with Crippen molar-refractivity contribution >= 4 is 5.97 Å². The predicted octanol–water partition coefficient (Wildman–Crippen LogP) is -0.385. The number of likely N-dealkylation sites (tertiary alicyclic amines) is 1. The van der Waals surface area contributed by atoms with E-state index in [1.165, 1.54) is 0 Å². The SMILES string of the molecule is CCOC(=O)C1CCCN(CC(O)CO)C1. The summed E-state index contributed by atoms with van der Waals surface area (Å²) in [6.45, 7) is 3.89. The van der Waals surface area contributed by atoms with Gasteiger partial charge in [0.05, 0.1) is 25.2 Å². The van der Waals surface area contributed by atoms with Gasteiger partial charge in [0.2, 0.25) is 0 Å². The highest BCUT2D eigenvalue weighted by molar-refractivity contribution is 5.72. The van der Waals surface area contributed by atoms with Crippen LogP contribution in [0.15, 0.2) is 0 Å². The molecule has 5 nitrogen and oxygen atoms in total. The third-order valence-electron chi connectivity index (χ3n) is 2.81. The first-order valence-corrected chi connectivity index (χ1v) is 5.85. The number of carbonyl (C=O) groups excluding carboxylic acids is 1. The van der Waals surface area contributed by atoms with Crippen LogP contribution in [0.3, 0.4) is 0 Å². The second-order valence-electron chi connectivity index (χ2n) is 4.19. The Morgan fingerprint density at radius 3 is 3.00 bits per heavy atom. The molecule has 1 aliphatic heterocycles. The minimum absolute atomic E-state index is 0.0837. The lowest BCUT2D eigenvalue weighted by Gasteiger charge is -2.32. The van der Waals surface area contributed by atoms with Gasteiger partial charge in [0.1, 0.15) is 0 Å². The van der Waals surface area contributed by atoms with E-state index in [4.69, 9.17) is 9.84 Å². The van der Waals surface area contributed by atoms with Gasteiger partial charge in [-0.05, 0) is 26.3 Å². The van der Waals surface area contributed by atoms with Gasteiger partial charge in [-0.2, -0.15) is 0 Å². The van der Waals surface area contributed by atoms with Crippen LogP contribution in [0.25, 0.3) is 0 Å². The number of β-amino-alcohol motifs (C(OH)–C–C–N with tert-alkyl or cyclic N) is 1. The van der Waals surface area contributed by atoms with E-state index in [1.54, 1.807) is 6.92 Å². The molecule has 0 saturated carbocycles. The zero-order valence-electron chi connectivity index (χ0n) is 9.76. The van der Waals surface area contributed by atoms with E-state index in [0.29, 0.717) is 19.7 Å². The van der Waals surface area contributed by atoms with Crippen LogP contribution in [-0.2, 0) is 9.53 Å². The lowest BCUT2D eigenvalue weighted by molar-refractivity contribution is -0.150. The van der Waals surface area contributed by atoms with E-state index < -0.39 is 6.10 Å². The van der Waals surface area contributed by atoms with Gasteiger partial charge in [-0.3, -0.25) is 9.69 Å². The second kappa shape index (κ2) is 6.83. The van der Waals surface area contributed by atoms with Gasteiger partial charge in [0.25, 0.3) is 0 Å². The van der Waals surface area contributed by atoms with Crippen molar-refractivity contribution in [2.24, 2.45) is 5.92 Å². The summed E-state index contributed by atoms with van der Waals surface area (Å²) >= 11 is 0. The Morgan fingerprint density at radius 1 is 1.62 bits per heavy atom. The van der Waals surface area contributed by atoms with E-state index in [1.807, 2.05) is 4.90 Å². The fraction of sp³-hybridized carbons (Fsp3) is 0.909. The van der Waals surface area contributed by atoms with E-state index in [9.17, 15) is 9.90 Å². The van der Waals surface area contributed by atoms with Gasteiger partial charge in [-0.1, -0.05) is 0 Å². The van der Waals surface area contributed by atoms with E-state index in [2.05, 4.69) is 0 Å². The molecule has 0 aromatic carbocycles. The molecule has 2 unspecified atom stereocenters. The monoisotopic (exact) mass is 231 g/mol. The number of aliphatic hydroxyl groups is 2. The lowest BCUT2D eigenvalue weighted by atomic mass is 9.98. The van der Waals surface area contributed by atoms with Crippen molar-refractivity contribution in [2.45, 2.75) is 25.9 Å². The van der Waals surface area contributed by atoms with E-state index >= 15 is 0 Å². The zero-order valence-corrected chi connectivity index (χ0v) is 9.76. The van der Waals surface area contributed by atoms with Crippen molar-refractivity contribution in [1.29, 1.82) is 0 Å². The molecule has 0 aromatic rings. The molecule has 0 amide bonds. The Labute approximate surface area is 96.0 Å². The van der Waals surface area contributed by atoms with Crippen LogP contribution in [0.4, 0.5) is 0 Å². The summed E-state index contributed by atoms with van der Waals surface area (Å²) in [5.74, 6) is -0.231. The molecule has 1 fully saturated rings. The van der Waals surface area contributed by atoms with E-state index in [0.717, 1.165) is 19.4 Å². The van der Waals surface area contributed by atoms with E-state index in [-0.39, 0.29) is 18.5 Å². The topological polar surface area (TPSA) is 70.0 Å². The fourth-order valence-electron chi connectivity index (χ4n) is 2.03. The van der Waals surface area contributed by atoms with Crippen molar-refractivity contribution in [3.63, 3.8) is 0 Å². The molecule has 5 heteroatoms. The summed E-state index contributed by atoms with van der Waals surface area (Å²) in [4.78, 5) is 13.5. The predicted molar refractivity (Wildman–Crippen MR) is 58.9 cm³/mol. The standard InChI is InChI=1S/C11H21NO4/c1-2-16-11(15)9-4-3-5-12(6-9)7-10(14)8-13/h9-10,13-14H,2-8H2,1H3. The average Bonchev–Trinajstić information content (AvgIpc) is 2.29. The van der Waals surface area contributed by atoms with Crippen LogP contribution in [-0.4, -0.2) is 60.0 Å². The summed E-state index contributed by atoms with van der Waals surface area (Å²) in [6, 6.07) is 0. The lowest BCUT2D eigenvalue weighted by Crippen LogP contribution is -2.43. The Balaban J connectivity index is 2.37. The molecule has 1 heterocycles. The largest absolute Gasteiger partial charge is 0.466 e. The maximum atomic E-state index is 11.5. The van der Waals surface area contributed by atoms with Crippen LogP contribution in [0.1, 0.15) is 19.8 Å². The molecule has 16 heavy (non-hydrogen) atoms. The molecule has 1 rings (SSSR count). The van der Waals surface area contributed by atoms with Gasteiger partial charge < -0.3 is 14.9 Å². The zero-order chi connectivity index (χ0) is 12.0. The quantitative estimate of drug-likeness (QED) is 0.631. The number of ether oxygens (including phenoxy) is 1. The van der Waals surface area contributed by atoms with Gasteiger partial charge in [-0.15, -0.1) is 0 Å². The molecule has 0 radical (unpaired) electrons. The summed E-state index contributed by atoms with van der Waals surface area (Å²) in [7, 11) is 0. The average molecular weight is 231 g/mol. The maximum Gasteiger partial charge on any atom is 0.310 e. The van der Waals surface area contributed by atoms with Crippen LogP contribution in [0.5, 0.6) is 0 Å². The highest BCUT2D eigenvalue weighted by Crippen LogP contribution is 2.17. The summed E-state index contributed by atoms with van der Waals surface area (Å²) < 4.78 is 4.98. The number of nitrogens with zero attached hydrogens (tertiary/aromatic N) is 1. The molecular weight excluding hydrogens is 210 g/mol. The fourth-order valence-corrected chi connectivity index (χ4v) is 2.03. The third-order valence-corrected chi connectivity index (χ3v) is 2.81. The first kappa shape index (κ1) is 13.4. The highest BCUT2D eigenvalue weighted by atomic mass is 16.5. The minimum atomic E-state index is -0.721. The summed E-state index contributed by atoms with van der Waals surface area (Å²) in [6.07, 6.45) is 1.06. The number of esters is 1. The number of hydrogen-bond donors (Lipinski definition) is 2. The molecule has 0 bridgehead atoms. The van der Waals surface area contributed by atoms with Gasteiger partial charge in [0, 0.05) is 13.1 Å². The van der Waals surface area contributed by atoms with Crippen LogP contribution in [0.2, 0.25) is 0 Å². The highest BCUT2D eigenvalue weighted by Gasteiger charge is 2.27. The van der Waals surface area contributed by atoms with Crippen molar-refractivity contribution in [2.75, 3.05) is 32.8 Å². The summed E-state index contributed by atoms with van der Waals surface area (Å²) in [5, 5.41) is 18.1. The molecule has 0 aliphatic carbocycles. The minimum Gasteiger partial charge on any atom is -0.466 e. The maximum absolute atomic E-state index is 11.5. The number of hydrogen-bond acceptors (Lipinski definition) is 5. The van der Waals surface area contributed by atoms with Gasteiger partial charge in [0.15, 0.2) is 0 Å². The number of piperidine rings is 1. The van der Waals surface area contributed by atoms with Crippen molar-refractivity contribution in [3.05, 3.63) is 0 Å². The van der Waals surface area contributed by atoms with Crippen LogP contribution >= 0.6 is 0 Å². The van der Waals surface area contributed by atoms with Crippen molar-refractivity contribution in [3.8, 4) is 0 Å². The number of carbonyl (C=O) groups is 1. The first-order valence-electron chi connectivity index (χ1n) is 5.85. The Hall–Kier alpha value is -0.650. The molecule has 94 valence electrons. The van der Waals surface area contributed by atoms with Gasteiger partial charge >= 0.3 is 5.97 Å². The summed E-state index contributed by atoms with van der Waals surface area (Å²) in [5.41, 5.74) is 0. The molecular formula is C11H21NO4. The first-order chi connectivity index (χ1) is 7.67. The van der Waals surface area contributed by atoms with Crippen molar-refractivity contribution < 1.29 is 19.7 Å². The molecule has 0 aromatic heterocycles. The van der Waals surface area contributed by atoms with Crippen LogP contribution < -0.4 is 0 Å². The molecule has 1 aliphatic rings. The smallest absolute Gasteiger partial charge is 0.310 e. The Kier molecular flexibility index (Phi) is 5.73. The molecule has 2 N–H and O–H groups in total. The van der Waals surface area contributed by atoms with Crippen molar-refractivity contribution in [1.82, 2.24) is 4.90 Å². The normalized spacial score (nSPS) is 24.1. The molecule has 0 spiro atoms. The molecule has 1 saturated heterocycles. The second-order valence-corrected chi connectivity index (χ2v) is 4.19. The van der Waals surface area contributed by atoms with Crippen LogP contribution in [0, 0.1) is 5.92 Å². The Bertz CT molecular complexity index is 222. The third kappa shape index (κ3) is 4.08. The number of rotatable bonds is 5. The Morgan fingerprint density at radius 2 is 2.38 bits per heavy atom. The van der Waals surface area contributed by atoms with Gasteiger partial charge in [-0.25, -0.2) is 0 Å².